The molecule has 0 fully saturated rings. The van der Waals surface area contributed by atoms with Crippen LogP contribution in [0, 0.1) is 10.1 Å². The molecule has 1 amide bonds. The molecule has 1 aliphatic rings. The van der Waals surface area contributed by atoms with Gasteiger partial charge in [0.15, 0.2) is 0 Å². The van der Waals surface area contributed by atoms with Crippen molar-refractivity contribution in [3.63, 3.8) is 0 Å². The van der Waals surface area contributed by atoms with Gasteiger partial charge >= 0.3 is 5.97 Å². The highest BCUT2D eigenvalue weighted by atomic mass is 16.6. The van der Waals surface area contributed by atoms with Gasteiger partial charge in [-0.25, -0.2) is 4.79 Å². The Kier molecular flexibility index (Phi) is 4.02. The minimum Gasteiger partial charge on any atom is -0.494 e. The number of carboxylic acids is 1. The zero-order valence-electron chi connectivity index (χ0n) is 10.6. The maximum atomic E-state index is 11.8. The SMILES string of the molecule is O=C(Nc1ccc(C(=O)O)cc1[N+](=O)[O-])C1=COCCO1. The van der Waals surface area contributed by atoms with Gasteiger partial charge in [0.25, 0.3) is 11.6 Å². The molecular weight excluding hydrogens is 284 g/mol. The Morgan fingerprint density at radius 3 is 2.67 bits per heavy atom. The summed E-state index contributed by atoms with van der Waals surface area (Å²) in [4.78, 5) is 32.8. The molecule has 1 aliphatic heterocycles. The number of benzene rings is 1. The van der Waals surface area contributed by atoms with Crippen LogP contribution >= 0.6 is 0 Å². The highest BCUT2D eigenvalue weighted by Gasteiger charge is 2.22. The second kappa shape index (κ2) is 5.90. The van der Waals surface area contributed by atoms with Gasteiger partial charge in [0, 0.05) is 6.07 Å². The van der Waals surface area contributed by atoms with Crippen LogP contribution in [0.15, 0.2) is 30.2 Å². The first-order valence-electron chi connectivity index (χ1n) is 5.76. The standard InChI is InChI=1S/C12H10N2O7/c15-11(10-6-20-3-4-21-10)13-8-2-1-7(12(16)17)5-9(8)14(18)19/h1-2,5-6H,3-4H2,(H,13,15)(H,16,17). The van der Waals surface area contributed by atoms with Crippen molar-refractivity contribution in [2.45, 2.75) is 0 Å². The van der Waals surface area contributed by atoms with E-state index in [4.69, 9.17) is 14.6 Å². The lowest BCUT2D eigenvalue weighted by Crippen LogP contribution is -2.21. The van der Waals surface area contributed by atoms with E-state index in [1.807, 2.05) is 0 Å². The summed E-state index contributed by atoms with van der Waals surface area (Å²) >= 11 is 0. The maximum Gasteiger partial charge on any atom is 0.335 e. The summed E-state index contributed by atoms with van der Waals surface area (Å²) in [6.07, 6.45) is 1.11. The van der Waals surface area contributed by atoms with Crippen molar-refractivity contribution >= 4 is 23.3 Å². The number of ether oxygens (including phenoxy) is 2. The van der Waals surface area contributed by atoms with Crippen molar-refractivity contribution in [2.75, 3.05) is 18.5 Å². The van der Waals surface area contributed by atoms with E-state index in [0.717, 1.165) is 24.5 Å². The van der Waals surface area contributed by atoms with Crippen LogP contribution in [0.3, 0.4) is 0 Å². The van der Waals surface area contributed by atoms with E-state index in [1.165, 1.54) is 0 Å². The zero-order chi connectivity index (χ0) is 15.4. The lowest BCUT2D eigenvalue weighted by atomic mass is 10.1. The fourth-order valence-electron chi connectivity index (χ4n) is 1.59. The van der Waals surface area contributed by atoms with E-state index in [-0.39, 0.29) is 23.6 Å². The Balaban J connectivity index is 2.26. The van der Waals surface area contributed by atoms with Gasteiger partial charge < -0.3 is 19.9 Å². The molecule has 1 aromatic rings. The van der Waals surface area contributed by atoms with E-state index in [0.29, 0.717) is 6.61 Å². The smallest absolute Gasteiger partial charge is 0.335 e. The Bertz CT molecular complexity index is 638. The van der Waals surface area contributed by atoms with Crippen molar-refractivity contribution in [3.05, 3.63) is 45.9 Å². The number of aromatic carboxylic acids is 1. The highest BCUT2D eigenvalue weighted by Crippen LogP contribution is 2.26. The van der Waals surface area contributed by atoms with Gasteiger partial charge in [0.05, 0.1) is 10.5 Å². The summed E-state index contributed by atoms with van der Waals surface area (Å²) in [5.41, 5.74) is -0.915. The maximum absolute atomic E-state index is 11.8. The number of rotatable bonds is 4. The molecule has 0 atom stereocenters. The van der Waals surface area contributed by atoms with Crippen LogP contribution in [0.25, 0.3) is 0 Å². The number of nitro groups is 1. The average molecular weight is 294 g/mol. The lowest BCUT2D eigenvalue weighted by Gasteiger charge is -2.15. The van der Waals surface area contributed by atoms with Crippen molar-refractivity contribution in [1.82, 2.24) is 0 Å². The summed E-state index contributed by atoms with van der Waals surface area (Å²) < 4.78 is 9.94. The van der Waals surface area contributed by atoms with Gasteiger partial charge in [-0.05, 0) is 12.1 Å². The number of carboxylic acid groups (broad SMARTS) is 1. The quantitative estimate of drug-likeness (QED) is 0.628. The van der Waals surface area contributed by atoms with Gasteiger partial charge in [0.1, 0.15) is 25.2 Å². The normalized spacial score (nSPS) is 13.4. The Morgan fingerprint density at radius 2 is 2.10 bits per heavy atom. The van der Waals surface area contributed by atoms with Crippen LogP contribution in [-0.2, 0) is 14.3 Å². The molecule has 0 aromatic heterocycles. The number of hydrogen-bond acceptors (Lipinski definition) is 6. The summed E-state index contributed by atoms with van der Waals surface area (Å²) in [6.45, 7) is 0.504. The first-order valence-corrected chi connectivity index (χ1v) is 5.76. The number of hydrogen-bond donors (Lipinski definition) is 2. The molecule has 9 nitrogen and oxygen atoms in total. The molecule has 0 unspecified atom stereocenters. The number of amides is 1. The molecule has 0 bridgehead atoms. The molecule has 0 spiro atoms. The minimum absolute atomic E-state index is 0.113. The number of anilines is 1. The fourth-order valence-corrected chi connectivity index (χ4v) is 1.59. The van der Waals surface area contributed by atoms with Crippen molar-refractivity contribution in [3.8, 4) is 0 Å². The molecular formula is C12H10N2O7. The summed E-state index contributed by atoms with van der Waals surface area (Å²) in [5, 5.41) is 22.0. The third-order valence-corrected chi connectivity index (χ3v) is 2.56. The number of nitrogens with zero attached hydrogens (tertiary/aromatic N) is 1. The minimum atomic E-state index is -1.30. The molecule has 21 heavy (non-hydrogen) atoms. The van der Waals surface area contributed by atoms with E-state index in [1.54, 1.807) is 0 Å². The van der Waals surface area contributed by atoms with Gasteiger partial charge in [-0.1, -0.05) is 0 Å². The predicted octanol–water partition coefficient (Wildman–Crippen LogP) is 1.12. The number of carbonyl (C=O) groups excluding carboxylic acids is 1. The molecule has 9 heteroatoms. The fraction of sp³-hybridized carbons (Fsp3) is 0.167. The molecule has 0 radical (unpaired) electrons. The third kappa shape index (κ3) is 3.26. The monoisotopic (exact) mass is 294 g/mol. The first-order chi connectivity index (χ1) is 9.99. The summed E-state index contributed by atoms with van der Waals surface area (Å²) in [5.74, 6) is -2.14. The topological polar surface area (TPSA) is 128 Å². The van der Waals surface area contributed by atoms with E-state index >= 15 is 0 Å². The largest absolute Gasteiger partial charge is 0.494 e. The van der Waals surface area contributed by atoms with Crippen molar-refractivity contribution in [1.29, 1.82) is 0 Å². The van der Waals surface area contributed by atoms with E-state index < -0.39 is 22.5 Å². The van der Waals surface area contributed by atoms with Crippen LogP contribution in [0.4, 0.5) is 11.4 Å². The number of nitro benzene ring substituents is 1. The van der Waals surface area contributed by atoms with Crippen molar-refractivity contribution in [2.24, 2.45) is 0 Å². The van der Waals surface area contributed by atoms with Crippen LogP contribution in [0.5, 0.6) is 0 Å². The third-order valence-electron chi connectivity index (χ3n) is 2.56. The highest BCUT2D eigenvalue weighted by molar-refractivity contribution is 6.04. The summed E-state index contributed by atoms with van der Waals surface area (Å²) in [6, 6.07) is 3.16. The Hall–Kier alpha value is -3.10. The molecule has 2 rings (SSSR count). The molecule has 0 aliphatic carbocycles. The van der Waals surface area contributed by atoms with Gasteiger partial charge in [0.2, 0.25) is 5.76 Å². The van der Waals surface area contributed by atoms with Crippen LogP contribution in [-0.4, -0.2) is 35.1 Å². The Labute approximate surface area is 117 Å². The predicted molar refractivity (Wildman–Crippen MR) is 68.7 cm³/mol. The molecule has 110 valence electrons. The molecule has 2 N–H and O–H groups in total. The first kappa shape index (κ1) is 14.3. The van der Waals surface area contributed by atoms with Crippen molar-refractivity contribution < 1.29 is 29.1 Å². The summed E-state index contributed by atoms with van der Waals surface area (Å²) in [7, 11) is 0. The lowest BCUT2D eigenvalue weighted by molar-refractivity contribution is -0.384. The molecule has 0 saturated carbocycles. The van der Waals surface area contributed by atoms with Crippen LogP contribution < -0.4 is 5.32 Å². The second-order valence-electron chi connectivity index (χ2n) is 3.95. The second-order valence-corrected chi connectivity index (χ2v) is 3.95. The van der Waals surface area contributed by atoms with Crippen LogP contribution in [0.2, 0.25) is 0 Å². The van der Waals surface area contributed by atoms with Gasteiger partial charge in [-0.15, -0.1) is 0 Å². The molecule has 0 saturated heterocycles. The van der Waals surface area contributed by atoms with E-state index in [9.17, 15) is 19.7 Å². The van der Waals surface area contributed by atoms with Gasteiger partial charge in [-0.2, -0.15) is 0 Å². The van der Waals surface area contributed by atoms with Crippen LogP contribution in [0.1, 0.15) is 10.4 Å². The number of nitrogens with one attached hydrogen (secondary N) is 1. The molecule has 1 heterocycles. The van der Waals surface area contributed by atoms with E-state index in [2.05, 4.69) is 5.32 Å². The average Bonchev–Trinajstić information content (AvgIpc) is 2.48. The Morgan fingerprint density at radius 1 is 1.33 bits per heavy atom. The zero-order valence-corrected chi connectivity index (χ0v) is 10.6. The molecule has 1 aromatic carbocycles. The van der Waals surface area contributed by atoms with Gasteiger partial charge in [-0.3, -0.25) is 14.9 Å². The number of carbonyl (C=O) groups is 2.